The van der Waals surface area contributed by atoms with Gasteiger partial charge in [0.15, 0.2) is 11.6 Å². The van der Waals surface area contributed by atoms with Crippen LogP contribution in [0.25, 0.3) is 0 Å². The summed E-state index contributed by atoms with van der Waals surface area (Å²) in [7, 11) is 0. The maximum Gasteiger partial charge on any atom is 0.224 e. The molecule has 0 spiro atoms. The molecule has 1 aliphatic heterocycles. The van der Waals surface area contributed by atoms with Crippen molar-refractivity contribution < 1.29 is 9.53 Å². The number of hydrogen-bond donors (Lipinski definition) is 1. The molecule has 1 fully saturated rings. The number of amides is 1. The van der Waals surface area contributed by atoms with Gasteiger partial charge < -0.3 is 15.0 Å². The molecule has 0 aliphatic carbocycles. The van der Waals surface area contributed by atoms with Gasteiger partial charge in [0.1, 0.15) is 0 Å². The molecular weight excluding hydrogens is 242 g/mol. The number of carbonyl (C=O) groups excluding carboxylic acids is 1. The second-order valence-corrected chi connectivity index (χ2v) is 4.55. The number of rotatable bonds is 6. The normalized spacial score (nSPS) is 14.5. The quantitative estimate of drug-likeness (QED) is 0.851. The van der Waals surface area contributed by atoms with E-state index < -0.39 is 0 Å². The molecule has 1 aromatic rings. The van der Waals surface area contributed by atoms with Crippen molar-refractivity contribution in [1.29, 1.82) is 0 Å². The van der Waals surface area contributed by atoms with Crippen molar-refractivity contribution in [2.45, 2.75) is 26.2 Å². The minimum Gasteiger partial charge on any atom is -0.490 e. The van der Waals surface area contributed by atoms with Crippen LogP contribution in [0.5, 0.6) is 5.75 Å². The number of likely N-dealkylation sites (tertiary alicyclic amines) is 1. The van der Waals surface area contributed by atoms with Gasteiger partial charge in [0.25, 0.3) is 0 Å². The van der Waals surface area contributed by atoms with Gasteiger partial charge in [-0.2, -0.15) is 0 Å². The predicted octanol–water partition coefficient (Wildman–Crippen LogP) is 1.90. The highest BCUT2D eigenvalue weighted by Gasteiger charge is 2.17. The van der Waals surface area contributed by atoms with E-state index in [9.17, 15) is 4.79 Å². The fourth-order valence-electron chi connectivity index (χ4n) is 2.21. The standard InChI is InChI=1S/C14H21N3O2/c1-2-19-12-6-5-8-15-14(12)16-9-7-13(18)17-10-3-4-11-17/h5-6,8H,2-4,7,9-11H2,1H3,(H,15,16). The maximum absolute atomic E-state index is 11.9. The molecule has 2 heterocycles. The summed E-state index contributed by atoms with van der Waals surface area (Å²) in [5.41, 5.74) is 0. The van der Waals surface area contributed by atoms with Gasteiger partial charge in [-0.25, -0.2) is 4.98 Å². The van der Waals surface area contributed by atoms with Crippen LogP contribution in [0.15, 0.2) is 18.3 Å². The molecule has 1 N–H and O–H groups in total. The Hall–Kier alpha value is -1.78. The summed E-state index contributed by atoms with van der Waals surface area (Å²) in [4.78, 5) is 18.0. The van der Waals surface area contributed by atoms with E-state index in [1.165, 1.54) is 0 Å². The zero-order valence-corrected chi connectivity index (χ0v) is 11.4. The van der Waals surface area contributed by atoms with Gasteiger partial charge in [-0.3, -0.25) is 4.79 Å². The fourth-order valence-corrected chi connectivity index (χ4v) is 2.21. The first-order valence-corrected chi connectivity index (χ1v) is 6.90. The first-order valence-electron chi connectivity index (χ1n) is 6.90. The molecule has 1 aromatic heterocycles. The van der Waals surface area contributed by atoms with Gasteiger partial charge in [-0.1, -0.05) is 0 Å². The Balaban J connectivity index is 1.80. The highest BCUT2D eigenvalue weighted by atomic mass is 16.5. The van der Waals surface area contributed by atoms with E-state index in [0.29, 0.717) is 25.4 Å². The van der Waals surface area contributed by atoms with Crippen molar-refractivity contribution in [3.63, 3.8) is 0 Å². The van der Waals surface area contributed by atoms with Crippen LogP contribution in [-0.4, -0.2) is 42.0 Å². The third-order valence-electron chi connectivity index (χ3n) is 3.16. The second kappa shape index (κ2) is 6.97. The van der Waals surface area contributed by atoms with E-state index in [0.717, 1.165) is 31.7 Å². The minimum absolute atomic E-state index is 0.221. The maximum atomic E-state index is 11.9. The highest BCUT2D eigenvalue weighted by molar-refractivity contribution is 5.77. The molecule has 0 radical (unpaired) electrons. The van der Waals surface area contributed by atoms with Crippen molar-refractivity contribution in [3.8, 4) is 5.75 Å². The Morgan fingerprint density at radius 2 is 2.26 bits per heavy atom. The average molecular weight is 263 g/mol. The number of carbonyl (C=O) groups is 1. The second-order valence-electron chi connectivity index (χ2n) is 4.55. The zero-order valence-electron chi connectivity index (χ0n) is 11.4. The molecule has 0 unspecified atom stereocenters. The number of aromatic nitrogens is 1. The Bertz CT molecular complexity index is 417. The highest BCUT2D eigenvalue weighted by Crippen LogP contribution is 2.20. The lowest BCUT2D eigenvalue weighted by molar-refractivity contribution is -0.129. The number of pyridine rings is 1. The molecule has 0 bridgehead atoms. The lowest BCUT2D eigenvalue weighted by Gasteiger charge is -2.16. The molecule has 104 valence electrons. The molecule has 0 atom stereocenters. The van der Waals surface area contributed by atoms with Gasteiger partial charge in [0.2, 0.25) is 5.91 Å². The number of nitrogens with one attached hydrogen (secondary N) is 1. The van der Waals surface area contributed by atoms with Crippen molar-refractivity contribution in [1.82, 2.24) is 9.88 Å². The summed E-state index contributed by atoms with van der Waals surface area (Å²) >= 11 is 0. The van der Waals surface area contributed by atoms with Crippen molar-refractivity contribution in [2.75, 3.05) is 31.6 Å². The van der Waals surface area contributed by atoms with E-state index in [2.05, 4.69) is 10.3 Å². The third kappa shape index (κ3) is 3.84. The number of anilines is 1. The molecule has 1 amide bonds. The van der Waals surface area contributed by atoms with Gasteiger partial charge in [0.05, 0.1) is 6.61 Å². The van der Waals surface area contributed by atoms with Gasteiger partial charge in [0, 0.05) is 32.3 Å². The molecule has 1 aliphatic rings. The van der Waals surface area contributed by atoms with Crippen LogP contribution in [0, 0.1) is 0 Å². The van der Waals surface area contributed by atoms with Crippen LogP contribution in [0.4, 0.5) is 5.82 Å². The Morgan fingerprint density at radius 1 is 1.47 bits per heavy atom. The largest absolute Gasteiger partial charge is 0.490 e. The van der Waals surface area contributed by atoms with Crippen LogP contribution in [-0.2, 0) is 4.79 Å². The molecular formula is C14H21N3O2. The average Bonchev–Trinajstić information content (AvgIpc) is 2.95. The van der Waals surface area contributed by atoms with Crippen LogP contribution < -0.4 is 10.1 Å². The predicted molar refractivity (Wildman–Crippen MR) is 74.3 cm³/mol. The Kier molecular flexibility index (Phi) is 5.01. The summed E-state index contributed by atoms with van der Waals surface area (Å²) in [5.74, 6) is 1.66. The van der Waals surface area contributed by atoms with Gasteiger partial charge >= 0.3 is 0 Å². The molecule has 5 nitrogen and oxygen atoms in total. The lowest BCUT2D eigenvalue weighted by Crippen LogP contribution is -2.29. The summed E-state index contributed by atoms with van der Waals surface area (Å²) in [6.45, 7) is 4.95. The van der Waals surface area contributed by atoms with Crippen molar-refractivity contribution >= 4 is 11.7 Å². The first-order chi connectivity index (χ1) is 9.31. The molecule has 2 rings (SSSR count). The van der Waals surface area contributed by atoms with Gasteiger partial charge in [-0.05, 0) is 31.9 Å². The molecule has 0 saturated carbocycles. The van der Waals surface area contributed by atoms with Crippen LogP contribution >= 0.6 is 0 Å². The summed E-state index contributed by atoms with van der Waals surface area (Å²) < 4.78 is 5.47. The Labute approximate surface area is 114 Å². The van der Waals surface area contributed by atoms with Crippen LogP contribution in [0.1, 0.15) is 26.2 Å². The lowest BCUT2D eigenvalue weighted by atomic mass is 10.3. The SMILES string of the molecule is CCOc1cccnc1NCCC(=O)N1CCCC1. The van der Waals surface area contributed by atoms with Crippen LogP contribution in [0.2, 0.25) is 0 Å². The summed E-state index contributed by atoms with van der Waals surface area (Å²) in [5, 5.41) is 3.17. The van der Waals surface area contributed by atoms with Crippen molar-refractivity contribution in [3.05, 3.63) is 18.3 Å². The van der Waals surface area contributed by atoms with E-state index >= 15 is 0 Å². The monoisotopic (exact) mass is 263 g/mol. The third-order valence-corrected chi connectivity index (χ3v) is 3.16. The van der Waals surface area contributed by atoms with E-state index in [1.807, 2.05) is 24.0 Å². The molecule has 1 saturated heterocycles. The smallest absolute Gasteiger partial charge is 0.224 e. The number of hydrogen-bond acceptors (Lipinski definition) is 4. The molecule has 0 aromatic carbocycles. The zero-order chi connectivity index (χ0) is 13.5. The first kappa shape index (κ1) is 13.6. The summed E-state index contributed by atoms with van der Waals surface area (Å²) in [6.07, 6.45) is 4.48. The summed E-state index contributed by atoms with van der Waals surface area (Å²) in [6, 6.07) is 3.71. The molecule has 5 heteroatoms. The van der Waals surface area contributed by atoms with Crippen LogP contribution in [0.3, 0.4) is 0 Å². The fraction of sp³-hybridized carbons (Fsp3) is 0.571. The topological polar surface area (TPSA) is 54.5 Å². The van der Waals surface area contributed by atoms with E-state index in [-0.39, 0.29) is 5.91 Å². The van der Waals surface area contributed by atoms with Gasteiger partial charge in [-0.15, -0.1) is 0 Å². The van der Waals surface area contributed by atoms with E-state index in [4.69, 9.17) is 4.74 Å². The minimum atomic E-state index is 0.221. The Morgan fingerprint density at radius 3 is 3.00 bits per heavy atom. The number of nitrogens with zero attached hydrogens (tertiary/aromatic N) is 2. The van der Waals surface area contributed by atoms with E-state index in [1.54, 1.807) is 6.20 Å². The molecule has 19 heavy (non-hydrogen) atoms. The number of ether oxygens (including phenoxy) is 1. The van der Waals surface area contributed by atoms with Crippen molar-refractivity contribution in [2.24, 2.45) is 0 Å².